The number of carbonyl (C=O) groups is 8. The Morgan fingerprint density at radius 1 is 0.754 bits per heavy atom. The third-order valence-electron chi connectivity index (χ3n) is 9.88. The van der Waals surface area contributed by atoms with Crippen LogP contribution in [0, 0.1) is 0 Å². The zero-order valence-electron chi connectivity index (χ0n) is 33.9. The van der Waals surface area contributed by atoms with Crippen molar-refractivity contribution < 1.29 is 67.7 Å². The molecule has 0 aliphatic carbocycles. The Labute approximate surface area is 357 Å². The average Bonchev–Trinajstić information content (AvgIpc) is 3.77. The number of hydrogen-bond acceptors (Lipinski definition) is 11. The smallest absolute Gasteiger partial charge is 0.403 e. The molecule has 2 heterocycles. The van der Waals surface area contributed by atoms with Crippen molar-refractivity contribution in [3.05, 3.63) is 35.4 Å². The molecule has 1 aromatic rings. The Kier molecular flexibility index (Phi) is 22.0. The molecule has 2 fully saturated rings. The lowest BCUT2D eigenvalue weighted by Crippen LogP contribution is -2.44. The van der Waals surface area contributed by atoms with Gasteiger partial charge >= 0.3 is 31.7 Å². The SMILES string of the molecule is O=C(O)CC[C@H](NP(=O)(O)OC[C@H](NC(=O)c1ccc(CNC(=O)CCCCCNC(=O)CCCCCNC(=O)CCCCC2SCC3NC(=O)NC32)cc1)C(=O)O)C(=O)O. The minimum absolute atomic E-state index is 0.0344. The molecule has 0 saturated carbocycles. The zero-order valence-corrected chi connectivity index (χ0v) is 35.6. The Bertz CT molecular complexity index is 1720. The van der Waals surface area contributed by atoms with E-state index in [-0.39, 0.29) is 54.4 Å². The minimum atomic E-state index is -4.93. The topological polar surface area (TPSA) is 328 Å². The normalized spacial score (nSPS) is 18.6. The number of rotatable bonds is 31. The van der Waals surface area contributed by atoms with E-state index in [1.807, 2.05) is 11.8 Å². The maximum Gasteiger partial charge on any atom is 0.403 e. The van der Waals surface area contributed by atoms with Crippen LogP contribution in [-0.4, -0.2) is 123 Å². The van der Waals surface area contributed by atoms with Crippen LogP contribution in [0.5, 0.6) is 0 Å². The molecule has 0 bridgehead atoms. The van der Waals surface area contributed by atoms with E-state index >= 15 is 0 Å². The standard InChI is InChI=1S/C38H58N7O14PS/c46-30(10-3-1-7-20-40-31(47)12-6-5-9-29-34-28(23-61-29)43-38(56)44-34)39-19-8-2-4-11-32(48)41-21-24-13-15-25(16-14-24)35(51)42-27(37(54)55)22-59-60(57,58)45-26(36(52)53)17-18-33(49)50/h13-16,26-29,34H,1-12,17-23H2,(H,39,46)(H,40,47)(H,41,48)(H,42,51)(H,49,50)(H,52,53)(H,54,55)(H2,43,44,56)(H2,45,57,58)/t26-,27-,28?,29?,34?/m0/s1. The van der Waals surface area contributed by atoms with Crippen molar-refractivity contribution in [3.63, 3.8) is 0 Å². The highest BCUT2D eigenvalue weighted by molar-refractivity contribution is 8.00. The van der Waals surface area contributed by atoms with Gasteiger partial charge in [0.25, 0.3) is 5.91 Å². The number of fused-ring (bicyclic) bond motifs is 1. The summed E-state index contributed by atoms with van der Waals surface area (Å²) in [5.74, 6) is -4.70. The van der Waals surface area contributed by atoms with Crippen LogP contribution in [0.25, 0.3) is 0 Å². The molecule has 23 heteroatoms. The van der Waals surface area contributed by atoms with Crippen LogP contribution >= 0.6 is 19.5 Å². The monoisotopic (exact) mass is 899 g/mol. The first kappa shape index (κ1) is 50.6. The quantitative estimate of drug-likeness (QED) is 0.0286. The second kappa shape index (κ2) is 26.5. The van der Waals surface area contributed by atoms with Crippen molar-refractivity contribution >= 4 is 67.1 Å². The largest absolute Gasteiger partial charge is 0.481 e. The molecule has 340 valence electrons. The second-order valence-electron chi connectivity index (χ2n) is 14.8. The Morgan fingerprint density at radius 2 is 1.33 bits per heavy atom. The third-order valence-corrected chi connectivity index (χ3v) is 12.5. The number of urea groups is 1. The highest BCUT2D eigenvalue weighted by Crippen LogP contribution is 2.38. The summed E-state index contributed by atoms with van der Waals surface area (Å²) in [5, 5.41) is 46.2. The minimum Gasteiger partial charge on any atom is -0.481 e. The average molecular weight is 900 g/mol. The number of unbranched alkanes of at least 4 members (excludes halogenated alkanes) is 5. The molecule has 6 atom stereocenters. The van der Waals surface area contributed by atoms with Gasteiger partial charge in [0, 0.05) is 61.9 Å². The number of carbonyl (C=O) groups excluding carboxylic acids is 5. The predicted molar refractivity (Wildman–Crippen MR) is 221 cm³/mol. The van der Waals surface area contributed by atoms with Gasteiger partial charge in [-0.3, -0.25) is 33.3 Å². The van der Waals surface area contributed by atoms with Crippen molar-refractivity contribution in [2.24, 2.45) is 0 Å². The zero-order chi connectivity index (χ0) is 44.8. The Morgan fingerprint density at radius 3 is 1.90 bits per heavy atom. The number of carboxylic acid groups (broad SMARTS) is 3. The number of amides is 6. The summed E-state index contributed by atoms with van der Waals surface area (Å²) in [6, 6.07) is 2.58. The lowest BCUT2D eigenvalue weighted by atomic mass is 10.0. The van der Waals surface area contributed by atoms with Gasteiger partial charge in [0.05, 0.1) is 18.7 Å². The molecule has 0 radical (unpaired) electrons. The third kappa shape index (κ3) is 20.1. The van der Waals surface area contributed by atoms with Gasteiger partial charge in [0.2, 0.25) is 17.7 Å². The van der Waals surface area contributed by atoms with E-state index in [1.165, 1.54) is 12.1 Å². The number of carboxylic acids is 3. The molecular weight excluding hydrogens is 841 g/mol. The lowest BCUT2D eigenvalue weighted by Gasteiger charge is -2.21. The fourth-order valence-electron chi connectivity index (χ4n) is 6.48. The molecule has 2 aliphatic rings. The summed E-state index contributed by atoms with van der Waals surface area (Å²) in [5.41, 5.74) is 0.688. The highest BCUT2D eigenvalue weighted by Gasteiger charge is 2.42. The van der Waals surface area contributed by atoms with Crippen molar-refractivity contribution in [2.75, 3.05) is 25.4 Å². The van der Waals surface area contributed by atoms with Gasteiger partial charge in [-0.1, -0.05) is 31.4 Å². The van der Waals surface area contributed by atoms with E-state index in [9.17, 15) is 52.9 Å². The Hall–Kier alpha value is -4.76. The first-order chi connectivity index (χ1) is 29.0. The molecule has 2 saturated heterocycles. The number of hydrogen-bond donors (Lipinski definition) is 11. The van der Waals surface area contributed by atoms with Gasteiger partial charge < -0.3 is 52.1 Å². The van der Waals surface area contributed by atoms with Gasteiger partial charge in [0.1, 0.15) is 6.04 Å². The van der Waals surface area contributed by atoms with Gasteiger partial charge in [-0.25, -0.2) is 19.2 Å². The van der Waals surface area contributed by atoms with Crippen LogP contribution in [0.1, 0.15) is 106 Å². The van der Waals surface area contributed by atoms with Crippen molar-refractivity contribution in [3.8, 4) is 0 Å². The van der Waals surface area contributed by atoms with E-state index in [4.69, 9.17) is 10.2 Å². The lowest BCUT2D eigenvalue weighted by molar-refractivity contribution is -0.142. The van der Waals surface area contributed by atoms with Crippen LogP contribution in [0.3, 0.4) is 0 Å². The van der Waals surface area contributed by atoms with Crippen molar-refractivity contribution in [1.29, 1.82) is 0 Å². The maximum atomic E-state index is 12.7. The van der Waals surface area contributed by atoms with Gasteiger partial charge in [-0.2, -0.15) is 11.8 Å². The van der Waals surface area contributed by atoms with E-state index in [0.717, 1.165) is 50.7 Å². The van der Waals surface area contributed by atoms with E-state index in [1.54, 1.807) is 17.2 Å². The summed E-state index contributed by atoms with van der Waals surface area (Å²) in [7, 11) is -4.93. The van der Waals surface area contributed by atoms with Crippen molar-refractivity contribution in [1.82, 2.24) is 37.0 Å². The van der Waals surface area contributed by atoms with Gasteiger partial charge in [-0.05, 0) is 62.6 Å². The number of thioether (sulfide) groups is 1. The summed E-state index contributed by atoms with van der Waals surface area (Å²) < 4.78 is 17.0. The molecule has 0 aromatic heterocycles. The van der Waals surface area contributed by atoms with Crippen molar-refractivity contribution in [2.45, 2.75) is 126 Å². The molecule has 1 aromatic carbocycles. The summed E-state index contributed by atoms with van der Waals surface area (Å²) in [4.78, 5) is 104. The molecule has 11 N–H and O–H groups in total. The number of benzene rings is 1. The van der Waals surface area contributed by atoms with Crippen LogP contribution in [0.15, 0.2) is 24.3 Å². The molecule has 0 spiro atoms. The van der Waals surface area contributed by atoms with Crippen LogP contribution in [0.2, 0.25) is 0 Å². The molecule has 2 aliphatic heterocycles. The van der Waals surface area contributed by atoms with E-state index in [0.29, 0.717) is 49.6 Å². The number of nitrogens with one attached hydrogen (secondary N) is 7. The molecule has 6 amide bonds. The summed E-state index contributed by atoms with van der Waals surface area (Å²) in [6.07, 6.45) is 7.11. The van der Waals surface area contributed by atoms with Crippen LogP contribution in [-0.2, 0) is 44.4 Å². The second-order valence-corrected chi connectivity index (χ2v) is 17.6. The Balaban J connectivity index is 1.17. The van der Waals surface area contributed by atoms with E-state index < -0.39 is 63.1 Å². The summed E-state index contributed by atoms with van der Waals surface area (Å²) >= 11 is 1.87. The molecule has 21 nitrogen and oxygen atoms in total. The number of aliphatic carboxylic acids is 3. The fourth-order valence-corrected chi connectivity index (χ4v) is 9.08. The van der Waals surface area contributed by atoms with Gasteiger partial charge in [-0.15, -0.1) is 0 Å². The first-order valence-electron chi connectivity index (χ1n) is 20.3. The fraction of sp³-hybridized carbons (Fsp3) is 0.632. The van der Waals surface area contributed by atoms with Crippen LogP contribution in [0.4, 0.5) is 4.79 Å². The highest BCUT2D eigenvalue weighted by atomic mass is 32.2. The van der Waals surface area contributed by atoms with Gasteiger partial charge in [0.15, 0.2) is 6.04 Å². The predicted octanol–water partition coefficient (Wildman–Crippen LogP) is 1.59. The maximum absolute atomic E-state index is 12.7. The molecule has 3 rings (SSSR count). The molecular formula is C38H58N7O14PS. The first-order valence-corrected chi connectivity index (χ1v) is 23.0. The van der Waals surface area contributed by atoms with Crippen LogP contribution < -0.4 is 37.0 Å². The molecule has 61 heavy (non-hydrogen) atoms. The van der Waals surface area contributed by atoms with E-state index in [2.05, 4.69) is 36.4 Å². The molecule has 4 unspecified atom stereocenters. The summed E-state index contributed by atoms with van der Waals surface area (Å²) in [6.45, 7) is 0.227.